The lowest BCUT2D eigenvalue weighted by Crippen LogP contribution is -2.67. The molecule has 272 valence electrons. The summed E-state index contributed by atoms with van der Waals surface area (Å²) in [6.45, 7) is 10.9. The molecule has 3 unspecified atom stereocenters. The largest absolute Gasteiger partial charge is 0.459 e. The summed E-state index contributed by atoms with van der Waals surface area (Å²) in [6, 6.07) is 35.2. The lowest BCUT2D eigenvalue weighted by atomic mass is 10.0. The zero-order chi connectivity index (χ0) is 36.9. The third-order valence-electron chi connectivity index (χ3n) is 10.4. The van der Waals surface area contributed by atoms with Crippen molar-refractivity contribution in [2.24, 2.45) is 0 Å². The molecule has 3 atom stereocenters. The Labute approximate surface area is 308 Å². The number of ether oxygens (including phenoxy) is 3. The predicted molar refractivity (Wildman–Crippen MR) is 203 cm³/mol. The van der Waals surface area contributed by atoms with E-state index in [4.69, 9.17) is 18.6 Å². The van der Waals surface area contributed by atoms with Gasteiger partial charge in [-0.3, -0.25) is 4.79 Å². The number of rotatable bonds is 10. The number of benzene rings is 4. The molecule has 0 radical (unpaired) electrons. The molecule has 0 N–H and O–H groups in total. The van der Waals surface area contributed by atoms with Gasteiger partial charge in [-0.25, -0.2) is 9.59 Å². The van der Waals surface area contributed by atoms with Gasteiger partial charge in [0.1, 0.15) is 6.61 Å². The van der Waals surface area contributed by atoms with Gasteiger partial charge < -0.3 is 23.5 Å². The SMILES string of the molecule is Cc1ccc(C(=O)OCC2OCCC2(OC(=O)c2ccc(C)cc2)N2CCC(O[Si](c3ccccc3)(c3ccccc3)C(C)(C)C)CCC2=O)cc1. The zero-order valence-corrected chi connectivity index (χ0v) is 31.8. The van der Waals surface area contributed by atoms with Crippen molar-refractivity contribution >= 4 is 36.5 Å². The Hall–Kier alpha value is -4.57. The van der Waals surface area contributed by atoms with Gasteiger partial charge in [-0.15, -0.1) is 0 Å². The van der Waals surface area contributed by atoms with E-state index in [0.29, 0.717) is 24.0 Å². The van der Waals surface area contributed by atoms with Crippen molar-refractivity contribution in [2.75, 3.05) is 19.8 Å². The first-order chi connectivity index (χ1) is 24.9. The van der Waals surface area contributed by atoms with Crippen molar-refractivity contribution in [3.63, 3.8) is 0 Å². The van der Waals surface area contributed by atoms with E-state index in [-0.39, 0.29) is 49.6 Å². The second kappa shape index (κ2) is 15.6. The van der Waals surface area contributed by atoms with Crippen LogP contribution in [-0.2, 0) is 23.4 Å². The van der Waals surface area contributed by atoms with E-state index in [1.165, 1.54) is 10.4 Å². The first kappa shape index (κ1) is 37.2. The fourth-order valence-electron chi connectivity index (χ4n) is 7.55. The van der Waals surface area contributed by atoms with Crippen molar-refractivity contribution in [1.82, 2.24) is 4.90 Å². The van der Waals surface area contributed by atoms with Crippen LogP contribution in [0.4, 0.5) is 0 Å². The molecule has 2 aliphatic heterocycles. The molecular weight excluding hydrogens is 671 g/mol. The van der Waals surface area contributed by atoms with Gasteiger partial charge in [0.25, 0.3) is 8.32 Å². The maximum atomic E-state index is 14.3. The molecule has 6 rings (SSSR count). The highest BCUT2D eigenvalue weighted by molar-refractivity contribution is 6.99. The second-order valence-corrected chi connectivity index (χ2v) is 19.2. The van der Waals surface area contributed by atoms with Crippen LogP contribution in [0.25, 0.3) is 0 Å². The molecular formula is C43H49NO7Si. The first-order valence-electron chi connectivity index (χ1n) is 18.2. The minimum atomic E-state index is -2.90. The molecule has 0 saturated carbocycles. The molecule has 4 aromatic rings. The van der Waals surface area contributed by atoms with Crippen LogP contribution in [0.2, 0.25) is 5.04 Å². The standard InChI is InChI=1S/C43H49NO7Si/c1-31-16-20-33(21-17-31)40(46)49-30-38-43(27-29-48-38,50-41(47)34-22-18-32(2)19-23-34)44-28-26-35(24-25-39(44)45)51-52(42(3,4)5,36-12-8-6-9-13-36)37-14-10-7-11-15-37/h6-23,35,38H,24-30H2,1-5H3. The molecule has 4 aromatic carbocycles. The summed E-state index contributed by atoms with van der Waals surface area (Å²) in [5.74, 6) is -1.25. The molecule has 2 aliphatic rings. The monoisotopic (exact) mass is 719 g/mol. The van der Waals surface area contributed by atoms with Crippen LogP contribution in [0.5, 0.6) is 0 Å². The molecule has 1 amide bonds. The lowest BCUT2D eigenvalue weighted by molar-refractivity contribution is -0.179. The summed E-state index contributed by atoms with van der Waals surface area (Å²) >= 11 is 0. The van der Waals surface area contributed by atoms with Crippen molar-refractivity contribution < 1.29 is 33.0 Å². The minimum absolute atomic E-state index is 0.161. The average molecular weight is 720 g/mol. The first-order valence-corrected chi connectivity index (χ1v) is 20.1. The molecule has 2 saturated heterocycles. The van der Waals surface area contributed by atoms with E-state index < -0.39 is 32.1 Å². The van der Waals surface area contributed by atoms with Crippen LogP contribution in [0.1, 0.15) is 78.3 Å². The van der Waals surface area contributed by atoms with E-state index in [0.717, 1.165) is 11.1 Å². The third kappa shape index (κ3) is 7.63. The fraction of sp³-hybridized carbons (Fsp3) is 0.372. The van der Waals surface area contributed by atoms with Crippen molar-refractivity contribution in [3.05, 3.63) is 131 Å². The van der Waals surface area contributed by atoms with Crippen LogP contribution in [-0.4, -0.2) is 68.8 Å². The van der Waals surface area contributed by atoms with E-state index in [1.807, 2.05) is 50.2 Å². The summed E-state index contributed by atoms with van der Waals surface area (Å²) in [5, 5.41) is 2.11. The Morgan fingerprint density at radius 1 is 0.788 bits per heavy atom. The molecule has 52 heavy (non-hydrogen) atoms. The van der Waals surface area contributed by atoms with E-state index in [2.05, 4.69) is 69.3 Å². The van der Waals surface area contributed by atoms with Gasteiger partial charge >= 0.3 is 11.9 Å². The molecule has 9 heteroatoms. The lowest BCUT2D eigenvalue weighted by Gasteiger charge is -2.45. The van der Waals surface area contributed by atoms with Crippen LogP contribution >= 0.6 is 0 Å². The Bertz CT molecular complexity index is 1800. The Balaban J connectivity index is 1.31. The second-order valence-electron chi connectivity index (χ2n) is 15.0. The molecule has 2 fully saturated rings. The number of carbonyl (C=O) groups excluding carboxylic acids is 3. The molecule has 0 spiro atoms. The summed E-state index contributed by atoms with van der Waals surface area (Å²) in [5.41, 5.74) is 1.31. The normalized spacial score (nSPS) is 21.0. The molecule has 0 bridgehead atoms. The third-order valence-corrected chi connectivity index (χ3v) is 15.5. The van der Waals surface area contributed by atoms with Crippen molar-refractivity contribution in [2.45, 2.75) is 83.3 Å². The zero-order valence-electron chi connectivity index (χ0n) is 30.8. The van der Waals surface area contributed by atoms with E-state index in [9.17, 15) is 14.4 Å². The van der Waals surface area contributed by atoms with Crippen molar-refractivity contribution in [3.8, 4) is 0 Å². The summed E-state index contributed by atoms with van der Waals surface area (Å²) in [6.07, 6.45) is 0.331. The number of likely N-dealkylation sites (tertiary alicyclic amines) is 1. The van der Waals surface area contributed by atoms with Crippen LogP contribution in [0.3, 0.4) is 0 Å². The van der Waals surface area contributed by atoms with Gasteiger partial charge in [-0.05, 0) is 66.4 Å². The Morgan fingerprint density at radius 3 is 1.87 bits per heavy atom. The van der Waals surface area contributed by atoms with Gasteiger partial charge in [-0.1, -0.05) is 117 Å². The van der Waals surface area contributed by atoms with E-state index in [1.54, 1.807) is 29.2 Å². The molecule has 2 heterocycles. The van der Waals surface area contributed by atoms with Gasteiger partial charge in [0.2, 0.25) is 11.6 Å². The number of carbonyl (C=O) groups is 3. The molecule has 0 aromatic heterocycles. The topological polar surface area (TPSA) is 91.4 Å². The number of nitrogens with zero attached hydrogens (tertiary/aromatic N) is 1. The smallest absolute Gasteiger partial charge is 0.340 e. The van der Waals surface area contributed by atoms with Crippen LogP contribution < -0.4 is 10.4 Å². The summed E-state index contributed by atoms with van der Waals surface area (Å²) < 4.78 is 25.8. The highest BCUT2D eigenvalue weighted by Gasteiger charge is 2.56. The van der Waals surface area contributed by atoms with Gasteiger partial charge in [0.05, 0.1) is 17.7 Å². The number of aryl methyl sites for hydroxylation is 2. The van der Waals surface area contributed by atoms with Gasteiger partial charge in [0, 0.05) is 25.5 Å². The molecule has 8 nitrogen and oxygen atoms in total. The summed E-state index contributed by atoms with van der Waals surface area (Å²) in [4.78, 5) is 42.9. The maximum Gasteiger partial charge on any atom is 0.340 e. The Morgan fingerprint density at radius 2 is 1.33 bits per heavy atom. The minimum Gasteiger partial charge on any atom is -0.459 e. The summed E-state index contributed by atoms with van der Waals surface area (Å²) in [7, 11) is -2.90. The van der Waals surface area contributed by atoms with Crippen LogP contribution in [0.15, 0.2) is 109 Å². The molecule has 0 aliphatic carbocycles. The van der Waals surface area contributed by atoms with E-state index >= 15 is 0 Å². The quantitative estimate of drug-likeness (QED) is 0.132. The highest BCUT2D eigenvalue weighted by atomic mass is 28.4. The highest BCUT2D eigenvalue weighted by Crippen LogP contribution is 2.41. The maximum absolute atomic E-state index is 14.3. The average Bonchev–Trinajstić information content (AvgIpc) is 3.44. The number of amides is 1. The number of hydrogen-bond donors (Lipinski definition) is 0. The fourth-order valence-corrected chi connectivity index (χ4v) is 12.3. The van der Waals surface area contributed by atoms with Gasteiger partial charge in [-0.2, -0.15) is 0 Å². The Kier molecular flexibility index (Phi) is 11.1. The number of esters is 2. The number of hydrogen-bond acceptors (Lipinski definition) is 7. The van der Waals surface area contributed by atoms with Gasteiger partial charge in [0.15, 0.2) is 6.10 Å². The van der Waals surface area contributed by atoms with Crippen LogP contribution in [0, 0.1) is 13.8 Å². The predicted octanol–water partition coefficient (Wildman–Crippen LogP) is 6.76. The van der Waals surface area contributed by atoms with Crippen molar-refractivity contribution in [1.29, 1.82) is 0 Å².